The normalized spacial score (nSPS) is 10.8. The molecule has 0 rings (SSSR count). The molecule has 0 aromatic carbocycles. The van der Waals surface area contributed by atoms with Crippen molar-refractivity contribution in [1.82, 2.24) is 0 Å². The van der Waals surface area contributed by atoms with Crippen LogP contribution in [0, 0.1) is 0 Å². The van der Waals surface area contributed by atoms with Crippen LogP contribution < -0.4 is 0 Å². The minimum absolute atomic E-state index is 0.0911. The number of nitrogens with zero attached hydrogens (tertiary/aromatic N) is 1. The second-order valence-corrected chi connectivity index (χ2v) is 2.17. The minimum Gasteiger partial charge on any atom is -0.480 e. The van der Waals surface area contributed by atoms with Crippen molar-refractivity contribution in [2.75, 3.05) is 0 Å². The van der Waals surface area contributed by atoms with Crippen molar-refractivity contribution >= 4 is 12.3 Å². The van der Waals surface area contributed by atoms with Crippen LogP contribution in [0.15, 0.2) is 4.99 Å². The van der Waals surface area contributed by atoms with Gasteiger partial charge in [-0.3, -0.25) is 4.79 Å². The zero-order valence-electron chi connectivity index (χ0n) is 6.63. The van der Waals surface area contributed by atoms with Gasteiger partial charge in [0.1, 0.15) is 0 Å². The molecule has 0 saturated carbocycles. The summed E-state index contributed by atoms with van der Waals surface area (Å²) in [5.74, 6) is -0.152. The number of ether oxygens (including phenoxy) is 1. The zero-order chi connectivity index (χ0) is 7.98. The molecule has 0 heterocycles. The predicted molar refractivity (Wildman–Crippen MR) is 40.0 cm³/mol. The van der Waals surface area contributed by atoms with Crippen LogP contribution in [0.2, 0.25) is 0 Å². The van der Waals surface area contributed by atoms with E-state index in [1.165, 1.54) is 6.40 Å². The van der Waals surface area contributed by atoms with Gasteiger partial charge in [0.2, 0.25) is 5.91 Å². The van der Waals surface area contributed by atoms with Gasteiger partial charge in [-0.2, -0.15) is 4.99 Å². The van der Waals surface area contributed by atoms with Crippen molar-refractivity contribution in [2.45, 2.75) is 33.3 Å². The lowest BCUT2D eigenvalue weighted by Crippen LogP contribution is -2.01. The summed E-state index contributed by atoms with van der Waals surface area (Å²) in [5.41, 5.74) is 0. The average molecular weight is 143 g/mol. The average Bonchev–Trinajstić information content (AvgIpc) is 1.87. The lowest BCUT2D eigenvalue weighted by Gasteiger charge is -2.00. The summed E-state index contributed by atoms with van der Waals surface area (Å²) >= 11 is 0. The molecule has 0 aliphatic rings. The van der Waals surface area contributed by atoms with E-state index in [1.54, 1.807) is 6.92 Å². The molecule has 10 heavy (non-hydrogen) atoms. The molecule has 0 radical (unpaired) electrons. The summed E-state index contributed by atoms with van der Waals surface area (Å²) in [5, 5.41) is 0. The Morgan fingerprint density at radius 3 is 2.70 bits per heavy atom. The van der Waals surface area contributed by atoms with Gasteiger partial charge in [-0.15, -0.1) is 0 Å². The van der Waals surface area contributed by atoms with Gasteiger partial charge in [0.15, 0.2) is 6.40 Å². The van der Waals surface area contributed by atoms with Crippen LogP contribution in [-0.2, 0) is 9.53 Å². The van der Waals surface area contributed by atoms with Gasteiger partial charge in [-0.05, 0) is 13.8 Å². The SMILES string of the molecule is CCC(=O)N=COC(C)C. The molecule has 0 N–H and O–H groups in total. The number of hydrogen-bond donors (Lipinski definition) is 0. The van der Waals surface area contributed by atoms with Crippen molar-refractivity contribution in [3.63, 3.8) is 0 Å². The molecule has 3 nitrogen and oxygen atoms in total. The Hall–Kier alpha value is -0.860. The Morgan fingerprint density at radius 2 is 2.30 bits per heavy atom. The van der Waals surface area contributed by atoms with E-state index in [9.17, 15) is 4.79 Å². The fourth-order valence-electron chi connectivity index (χ4n) is 0.302. The van der Waals surface area contributed by atoms with E-state index in [2.05, 4.69) is 4.99 Å². The first-order valence-electron chi connectivity index (χ1n) is 3.37. The molecular formula is C7H13NO2. The molecule has 1 amide bonds. The summed E-state index contributed by atoms with van der Waals surface area (Å²) < 4.78 is 4.90. The molecule has 0 bridgehead atoms. The minimum atomic E-state index is -0.152. The quantitative estimate of drug-likeness (QED) is 0.442. The van der Waals surface area contributed by atoms with Crippen LogP contribution in [0.5, 0.6) is 0 Å². The van der Waals surface area contributed by atoms with Crippen molar-refractivity contribution < 1.29 is 9.53 Å². The summed E-state index contributed by atoms with van der Waals surface area (Å²) in [6.07, 6.45) is 1.72. The molecule has 0 aliphatic carbocycles. The highest BCUT2D eigenvalue weighted by Crippen LogP contribution is 1.85. The van der Waals surface area contributed by atoms with Gasteiger partial charge in [0.05, 0.1) is 6.10 Å². The summed E-state index contributed by atoms with van der Waals surface area (Å²) in [7, 11) is 0. The Kier molecular flexibility index (Phi) is 4.54. The number of amides is 1. The highest BCUT2D eigenvalue weighted by molar-refractivity contribution is 5.82. The first-order chi connectivity index (χ1) is 4.66. The maximum Gasteiger partial charge on any atom is 0.248 e. The highest BCUT2D eigenvalue weighted by atomic mass is 16.5. The fraction of sp³-hybridized carbons (Fsp3) is 0.714. The maximum atomic E-state index is 10.5. The third-order valence-electron chi connectivity index (χ3n) is 0.832. The van der Waals surface area contributed by atoms with Gasteiger partial charge >= 0.3 is 0 Å². The zero-order valence-corrected chi connectivity index (χ0v) is 6.63. The molecule has 0 aromatic rings. The predicted octanol–water partition coefficient (Wildman–Crippen LogP) is 1.38. The number of carbonyl (C=O) groups excluding carboxylic acids is 1. The maximum absolute atomic E-state index is 10.5. The summed E-state index contributed by atoms with van der Waals surface area (Å²) in [4.78, 5) is 14.0. The van der Waals surface area contributed by atoms with Crippen molar-refractivity contribution in [3.05, 3.63) is 0 Å². The van der Waals surface area contributed by atoms with Crippen LogP contribution in [0.3, 0.4) is 0 Å². The van der Waals surface area contributed by atoms with Crippen molar-refractivity contribution in [2.24, 2.45) is 4.99 Å². The molecule has 0 aliphatic heterocycles. The van der Waals surface area contributed by atoms with Gasteiger partial charge < -0.3 is 4.74 Å². The topological polar surface area (TPSA) is 38.7 Å². The van der Waals surface area contributed by atoms with Crippen LogP contribution in [0.1, 0.15) is 27.2 Å². The molecular weight excluding hydrogens is 130 g/mol. The summed E-state index contributed by atoms with van der Waals surface area (Å²) in [6.45, 7) is 5.51. The van der Waals surface area contributed by atoms with E-state index < -0.39 is 0 Å². The lowest BCUT2D eigenvalue weighted by atomic mass is 10.5. The molecule has 0 fully saturated rings. The number of aliphatic imine (C=N–C) groups is 1. The second kappa shape index (κ2) is 4.97. The van der Waals surface area contributed by atoms with E-state index in [0.29, 0.717) is 6.42 Å². The molecule has 0 saturated heterocycles. The number of rotatable bonds is 3. The Labute approximate surface area is 61.1 Å². The second-order valence-electron chi connectivity index (χ2n) is 2.17. The van der Waals surface area contributed by atoms with Gasteiger partial charge in [-0.25, -0.2) is 0 Å². The number of hydrogen-bond acceptors (Lipinski definition) is 2. The van der Waals surface area contributed by atoms with E-state index in [1.807, 2.05) is 13.8 Å². The molecule has 0 unspecified atom stereocenters. The van der Waals surface area contributed by atoms with Gasteiger partial charge in [0.25, 0.3) is 0 Å². The monoisotopic (exact) mass is 143 g/mol. The largest absolute Gasteiger partial charge is 0.480 e. The molecule has 0 atom stereocenters. The molecule has 3 heteroatoms. The Morgan fingerprint density at radius 1 is 1.70 bits per heavy atom. The first kappa shape index (κ1) is 9.14. The van der Waals surface area contributed by atoms with E-state index in [0.717, 1.165) is 0 Å². The van der Waals surface area contributed by atoms with Crippen molar-refractivity contribution in [1.29, 1.82) is 0 Å². The molecule has 58 valence electrons. The van der Waals surface area contributed by atoms with E-state index in [4.69, 9.17) is 4.74 Å². The smallest absolute Gasteiger partial charge is 0.248 e. The lowest BCUT2D eigenvalue weighted by molar-refractivity contribution is -0.117. The highest BCUT2D eigenvalue weighted by Gasteiger charge is 1.91. The van der Waals surface area contributed by atoms with E-state index >= 15 is 0 Å². The fourth-order valence-corrected chi connectivity index (χ4v) is 0.302. The summed E-state index contributed by atoms with van der Waals surface area (Å²) in [6, 6.07) is 0. The molecule has 0 spiro atoms. The third kappa shape index (κ3) is 5.28. The Bertz CT molecular complexity index is 130. The Balaban J connectivity index is 3.46. The van der Waals surface area contributed by atoms with Gasteiger partial charge in [0, 0.05) is 6.42 Å². The van der Waals surface area contributed by atoms with E-state index in [-0.39, 0.29) is 12.0 Å². The van der Waals surface area contributed by atoms with Gasteiger partial charge in [-0.1, -0.05) is 6.92 Å². The van der Waals surface area contributed by atoms with Crippen LogP contribution >= 0.6 is 0 Å². The number of carbonyl (C=O) groups is 1. The van der Waals surface area contributed by atoms with Crippen LogP contribution in [0.25, 0.3) is 0 Å². The third-order valence-corrected chi connectivity index (χ3v) is 0.832. The molecule has 0 aromatic heterocycles. The van der Waals surface area contributed by atoms with Crippen molar-refractivity contribution in [3.8, 4) is 0 Å². The van der Waals surface area contributed by atoms with Crippen LogP contribution in [0.4, 0.5) is 0 Å². The first-order valence-corrected chi connectivity index (χ1v) is 3.37. The van der Waals surface area contributed by atoms with Crippen LogP contribution in [-0.4, -0.2) is 18.4 Å². The standard InChI is InChI=1S/C7H13NO2/c1-4-7(9)8-5-10-6(2)3/h5-6H,4H2,1-3H3.